The van der Waals surface area contributed by atoms with E-state index >= 15 is 0 Å². The molecule has 2 aromatic carbocycles. The Hall–Kier alpha value is -3.06. The number of para-hydroxylation sites is 2. The number of fused-ring (bicyclic) bond motifs is 2. The topological polar surface area (TPSA) is 84.0 Å². The molecule has 1 fully saturated rings. The van der Waals surface area contributed by atoms with E-state index in [1.54, 1.807) is 0 Å². The monoisotopic (exact) mass is 571 g/mol. The number of anilines is 1. The predicted octanol–water partition coefficient (Wildman–Crippen LogP) is 5.56. The molecule has 6 heteroatoms. The summed E-state index contributed by atoms with van der Waals surface area (Å²) in [6.45, 7) is 10.8. The van der Waals surface area contributed by atoms with Crippen LogP contribution in [0.5, 0.6) is 0 Å². The van der Waals surface area contributed by atoms with Crippen molar-refractivity contribution in [3.8, 4) is 0 Å². The molecule has 0 aromatic heterocycles. The number of benzene rings is 2. The van der Waals surface area contributed by atoms with Gasteiger partial charge in [0, 0.05) is 66.3 Å². The van der Waals surface area contributed by atoms with Gasteiger partial charge in [-0.3, -0.25) is 4.79 Å². The van der Waals surface area contributed by atoms with Crippen molar-refractivity contribution in [3.05, 3.63) is 83.1 Å². The highest BCUT2D eigenvalue weighted by atomic mass is 16.3. The van der Waals surface area contributed by atoms with E-state index in [1.165, 1.54) is 11.1 Å². The molecule has 1 aliphatic carbocycles. The molecule has 2 unspecified atom stereocenters. The Balaban J connectivity index is 1.45. The van der Waals surface area contributed by atoms with Gasteiger partial charge in [-0.25, -0.2) is 0 Å². The molecule has 1 saturated carbocycles. The zero-order chi connectivity index (χ0) is 30.1. The molecule has 0 radical (unpaired) electrons. The van der Waals surface area contributed by atoms with Crippen molar-refractivity contribution in [1.82, 2.24) is 0 Å². The molecule has 224 valence electrons. The van der Waals surface area contributed by atoms with E-state index in [4.69, 9.17) is 0 Å². The summed E-state index contributed by atoms with van der Waals surface area (Å²) >= 11 is 0. The van der Waals surface area contributed by atoms with Gasteiger partial charge in [0.2, 0.25) is 5.69 Å². The van der Waals surface area contributed by atoms with E-state index in [0.717, 1.165) is 74.4 Å². The van der Waals surface area contributed by atoms with E-state index in [0.29, 0.717) is 5.57 Å². The fourth-order valence-corrected chi connectivity index (χ4v) is 7.06. The Kier molecular flexibility index (Phi) is 8.89. The van der Waals surface area contributed by atoms with Crippen LogP contribution in [0.15, 0.2) is 72.0 Å². The van der Waals surface area contributed by atoms with Crippen molar-refractivity contribution in [2.45, 2.75) is 83.2 Å². The van der Waals surface area contributed by atoms with Crippen LogP contribution in [0.4, 0.5) is 11.4 Å². The second kappa shape index (κ2) is 12.3. The zero-order valence-electron chi connectivity index (χ0n) is 25.6. The molecule has 2 aliphatic heterocycles. The number of Topliss-reactive ketones (excluding diaryl/α,β-unsaturated/α-hetero) is 1. The molecule has 0 bridgehead atoms. The summed E-state index contributed by atoms with van der Waals surface area (Å²) in [5.41, 5.74) is 6.77. The molecule has 2 heterocycles. The Labute approximate surface area is 250 Å². The van der Waals surface area contributed by atoms with Crippen molar-refractivity contribution in [2.24, 2.45) is 5.92 Å². The zero-order valence-corrected chi connectivity index (χ0v) is 25.6. The highest BCUT2D eigenvalue weighted by Crippen LogP contribution is 2.49. The van der Waals surface area contributed by atoms with Gasteiger partial charge in [0.25, 0.3) is 0 Å². The molecule has 3 aliphatic rings. The van der Waals surface area contributed by atoms with E-state index < -0.39 is 12.0 Å². The van der Waals surface area contributed by atoms with Crippen LogP contribution in [0.3, 0.4) is 0 Å². The lowest BCUT2D eigenvalue weighted by molar-refractivity contribution is -0.438. The van der Waals surface area contributed by atoms with Crippen molar-refractivity contribution < 1.29 is 24.7 Å². The maximum absolute atomic E-state index is 13.7. The smallest absolute Gasteiger partial charge is 0.209 e. The molecular weight excluding hydrogens is 524 g/mol. The largest absolute Gasteiger partial charge is 0.396 e. The number of unbranched alkanes of at least 4 members (excludes halogenated alkanes) is 4. The Morgan fingerprint density at radius 3 is 2.17 bits per heavy atom. The molecule has 0 saturated heterocycles. The van der Waals surface area contributed by atoms with Crippen molar-refractivity contribution in [2.75, 3.05) is 31.2 Å². The lowest BCUT2D eigenvalue weighted by Gasteiger charge is -2.35. The third-order valence-corrected chi connectivity index (χ3v) is 9.55. The first-order valence-electron chi connectivity index (χ1n) is 15.6. The number of ketones is 1. The molecule has 6 nitrogen and oxygen atoms in total. The van der Waals surface area contributed by atoms with Gasteiger partial charge in [0.1, 0.15) is 6.54 Å². The first-order chi connectivity index (χ1) is 20.1. The molecule has 0 amide bonds. The van der Waals surface area contributed by atoms with Crippen molar-refractivity contribution in [3.63, 3.8) is 0 Å². The van der Waals surface area contributed by atoms with Gasteiger partial charge in [0.15, 0.2) is 11.5 Å². The summed E-state index contributed by atoms with van der Waals surface area (Å²) in [6.07, 6.45) is 8.43. The molecule has 5 rings (SSSR count). The summed E-state index contributed by atoms with van der Waals surface area (Å²) < 4.78 is 2.30. The van der Waals surface area contributed by atoms with Crippen LogP contribution in [0.25, 0.3) is 0 Å². The van der Waals surface area contributed by atoms with Crippen molar-refractivity contribution >= 4 is 22.9 Å². The van der Waals surface area contributed by atoms with Gasteiger partial charge < -0.3 is 20.2 Å². The number of allylic oxidation sites excluding steroid dienone is 2. The van der Waals surface area contributed by atoms with E-state index in [9.17, 15) is 20.1 Å². The lowest BCUT2D eigenvalue weighted by Crippen LogP contribution is -2.46. The fraction of sp³-hybridized carbons (Fsp3) is 0.500. The molecule has 2 aromatic rings. The first kappa shape index (κ1) is 30.4. The minimum absolute atomic E-state index is 0.0125. The highest BCUT2D eigenvalue weighted by Gasteiger charge is 2.50. The van der Waals surface area contributed by atoms with Crippen LogP contribution in [0, 0.1) is 5.92 Å². The highest BCUT2D eigenvalue weighted by molar-refractivity contribution is 6.14. The number of hydrogen-bond donors (Lipinski definition) is 3. The number of rotatable bonds is 12. The standard InChI is InChI=1S/C36H47N2O4/c1-35(2)27-15-7-9-17-29(27)37(19-11-5-13-21-39)31(35)23-25-33(41)26(34(25)42)24-32-36(3,4)28-16-8-10-18-30(28)38(32)20-12-6-14-22-40/h7-10,15-18,23-25,33,39-41H,5-6,11-14,19-22H2,1-4H3/q+1. The third kappa shape index (κ3) is 5.29. The van der Waals surface area contributed by atoms with Crippen LogP contribution in [0.2, 0.25) is 0 Å². The number of aliphatic hydroxyl groups is 3. The summed E-state index contributed by atoms with van der Waals surface area (Å²) in [7, 11) is 0. The van der Waals surface area contributed by atoms with Gasteiger partial charge in [-0.1, -0.05) is 56.3 Å². The summed E-state index contributed by atoms with van der Waals surface area (Å²) in [4.78, 5) is 16.1. The lowest BCUT2D eigenvalue weighted by atomic mass is 9.71. The number of carbonyl (C=O) groups excluding carboxylic acids is 1. The number of carbonyl (C=O) groups is 1. The number of aliphatic hydroxyl groups excluding tert-OH is 3. The molecule has 42 heavy (non-hydrogen) atoms. The maximum Gasteiger partial charge on any atom is 0.209 e. The van der Waals surface area contributed by atoms with Gasteiger partial charge in [-0.2, -0.15) is 4.58 Å². The van der Waals surface area contributed by atoms with Crippen LogP contribution in [-0.2, 0) is 15.6 Å². The summed E-state index contributed by atoms with van der Waals surface area (Å²) in [5.74, 6) is -0.591. The normalized spacial score (nSPS) is 24.0. The number of nitrogens with zero attached hydrogens (tertiary/aromatic N) is 2. The van der Waals surface area contributed by atoms with Gasteiger partial charge in [0.05, 0.1) is 17.4 Å². The van der Waals surface area contributed by atoms with Crippen LogP contribution in [-0.4, -0.2) is 63.8 Å². The minimum atomic E-state index is -0.857. The average molecular weight is 572 g/mol. The Bertz CT molecular complexity index is 1420. The fourth-order valence-electron chi connectivity index (χ4n) is 7.06. The Morgan fingerprint density at radius 1 is 0.833 bits per heavy atom. The van der Waals surface area contributed by atoms with Gasteiger partial charge in [-0.15, -0.1) is 0 Å². The second-order valence-electron chi connectivity index (χ2n) is 13.0. The van der Waals surface area contributed by atoms with Gasteiger partial charge in [-0.05, 0) is 57.6 Å². The van der Waals surface area contributed by atoms with E-state index in [-0.39, 0.29) is 29.8 Å². The number of hydrogen-bond acceptors (Lipinski definition) is 5. The van der Waals surface area contributed by atoms with Crippen LogP contribution >= 0.6 is 0 Å². The summed E-state index contributed by atoms with van der Waals surface area (Å²) in [5, 5.41) is 30.0. The van der Waals surface area contributed by atoms with Crippen LogP contribution in [0.1, 0.15) is 77.3 Å². The minimum Gasteiger partial charge on any atom is -0.396 e. The van der Waals surface area contributed by atoms with Crippen LogP contribution < -0.4 is 4.90 Å². The molecule has 2 atom stereocenters. The third-order valence-electron chi connectivity index (χ3n) is 9.55. The quantitative estimate of drug-likeness (QED) is 0.177. The second-order valence-corrected chi connectivity index (χ2v) is 13.0. The molecule has 3 N–H and O–H groups in total. The van der Waals surface area contributed by atoms with Crippen molar-refractivity contribution in [1.29, 1.82) is 0 Å². The predicted molar refractivity (Wildman–Crippen MR) is 169 cm³/mol. The molecule has 0 spiro atoms. The summed E-state index contributed by atoms with van der Waals surface area (Å²) in [6, 6.07) is 16.8. The van der Waals surface area contributed by atoms with E-state index in [2.05, 4.69) is 79.6 Å². The molecular formula is C36H47N2O4+. The van der Waals surface area contributed by atoms with E-state index in [1.807, 2.05) is 18.2 Å². The maximum atomic E-state index is 13.7. The van der Waals surface area contributed by atoms with Gasteiger partial charge >= 0.3 is 0 Å². The Morgan fingerprint density at radius 2 is 1.48 bits per heavy atom. The first-order valence-corrected chi connectivity index (χ1v) is 15.6. The SMILES string of the molecule is CC1(C)C(=CC2C(=O)C(=CC3=[N+](CCCCCO)c4ccccc4C3(C)C)C2O)N(CCCCCO)c2ccccc21. The average Bonchev–Trinajstić information content (AvgIpc) is 3.33.